The van der Waals surface area contributed by atoms with Crippen molar-refractivity contribution >= 4 is 44.5 Å². The van der Waals surface area contributed by atoms with Crippen LogP contribution in [0.1, 0.15) is 23.2 Å². The zero-order valence-corrected chi connectivity index (χ0v) is 18.7. The highest BCUT2D eigenvalue weighted by Gasteiger charge is 2.45. The van der Waals surface area contributed by atoms with E-state index < -0.39 is 12.2 Å². The number of fused-ring (bicyclic) bond motifs is 2. The second-order valence-corrected chi connectivity index (χ2v) is 9.17. The average molecular weight is 482 g/mol. The minimum absolute atomic E-state index is 0.148. The summed E-state index contributed by atoms with van der Waals surface area (Å²) in [5.74, 6) is 1.19. The molecule has 4 atom stereocenters. The molecule has 3 aromatic rings. The van der Waals surface area contributed by atoms with Gasteiger partial charge in [0.15, 0.2) is 0 Å². The molecule has 1 aliphatic heterocycles. The van der Waals surface area contributed by atoms with E-state index in [1.165, 1.54) is 0 Å². The van der Waals surface area contributed by atoms with E-state index >= 15 is 0 Å². The first-order valence-corrected chi connectivity index (χ1v) is 11.2. The Balaban J connectivity index is 1.36. The first kappa shape index (κ1) is 20.4. The quantitative estimate of drug-likeness (QED) is 0.527. The highest BCUT2D eigenvalue weighted by atomic mass is 79.9. The van der Waals surface area contributed by atoms with Crippen LogP contribution in [0.15, 0.2) is 41.1 Å². The zero-order valence-electron chi connectivity index (χ0n) is 17.1. The predicted molar refractivity (Wildman–Crippen MR) is 125 cm³/mol. The number of benzene rings is 1. The topological polar surface area (TPSA) is 108 Å². The minimum atomic E-state index is -0.828. The number of nitrogens with two attached hydrogens (primary N) is 1. The molecule has 5 rings (SSSR count). The predicted octanol–water partition coefficient (Wildman–Crippen LogP) is 2.86. The van der Waals surface area contributed by atoms with Crippen LogP contribution in [0.25, 0.3) is 17.0 Å². The van der Waals surface area contributed by atoms with Crippen molar-refractivity contribution in [2.75, 3.05) is 17.2 Å². The van der Waals surface area contributed by atoms with Gasteiger partial charge >= 0.3 is 0 Å². The van der Waals surface area contributed by atoms with Crippen molar-refractivity contribution in [2.45, 2.75) is 38.0 Å². The second kappa shape index (κ2) is 7.85. The van der Waals surface area contributed by atoms with E-state index in [1.54, 1.807) is 6.33 Å². The van der Waals surface area contributed by atoms with Gasteiger partial charge in [0.1, 0.15) is 24.1 Å². The summed E-state index contributed by atoms with van der Waals surface area (Å²) in [6.07, 6.45) is 5.41. The van der Waals surface area contributed by atoms with Gasteiger partial charge in [-0.1, -0.05) is 24.3 Å². The van der Waals surface area contributed by atoms with Gasteiger partial charge in [-0.3, -0.25) is 0 Å². The molecule has 7 nitrogen and oxygen atoms in total. The summed E-state index contributed by atoms with van der Waals surface area (Å²) in [5.41, 5.74) is 9.82. The van der Waals surface area contributed by atoms with Gasteiger partial charge in [-0.2, -0.15) is 0 Å². The lowest BCUT2D eigenvalue weighted by molar-refractivity contribution is 0.0229. The van der Waals surface area contributed by atoms with Crippen LogP contribution in [-0.2, 0) is 6.42 Å². The molecular formula is C23H24BrN5O2. The minimum Gasteiger partial charge on any atom is -0.390 e. The molecule has 0 spiro atoms. The fourth-order valence-electron chi connectivity index (χ4n) is 4.74. The van der Waals surface area contributed by atoms with Crippen LogP contribution in [0.3, 0.4) is 0 Å². The maximum absolute atomic E-state index is 10.8. The fourth-order valence-corrected chi connectivity index (χ4v) is 5.08. The van der Waals surface area contributed by atoms with Crippen molar-refractivity contribution in [1.82, 2.24) is 15.0 Å². The van der Waals surface area contributed by atoms with Crippen LogP contribution in [0.4, 0.5) is 11.6 Å². The van der Waals surface area contributed by atoms with E-state index in [4.69, 9.17) is 5.73 Å². The highest BCUT2D eigenvalue weighted by molar-refractivity contribution is 9.10. The van der Waals surface area contributed by atoms with Crippen LogP contribution in [0.2, 0.25) is 0 Å². The first-order valence-electron chi connectivity index (χ1n) is 10.4. The summed E-state index contributed by atoms with van der Waals surface area (Å²) in [5, 5.41) is 22.5. The number of aryl methyl sites for hydroxylation is 1. The van der Waals surface area contributed by atoms with Crippen LogP contribution < -0.4 is 10.6 Å². The maximum atomic E-state index is 10.8. The van der Waals surface area contributed by atoms with E-state index in [0.717, 1.165) is 51.0 Å². The van der Waals surface area contributed by atoms with Crippen molar-refractivity contribution in [3.05, 3.63) is 58.0 Å². The molecule has 1 saturated carbocycles. The number of aromatic nitrogens is 3. The molecule has 3 heterocycles. The third kappa shape index (κ3) is 3.58. The van der Waals surface area contributed by atoms with Gasteiger partial charge in [0.05, 0.1) is 22.1 Å². The molecule has 31 heavy (non-hydrogen) atoms. The summed E-state index contributed by atoms with van der Waals surface area (Å²) >= 11 is 3.41. The number of anilines is 2. The number of aliphatic hydroxyl groups excluding tert-OH is 2. The zero-order chi connectivity index (χ0) is 21.7. The van der Waals surface area contributed by atoms with Gasteiger partial charge in [0, 0.05) is 29.1 Å². The number of aliphatic hydroxyl groups is 2. The van der Waals surface area contributed by atoms with Gasteiger partial charge in [-0.25, -0.2) is 15.0 Å². The van der Waals surface area contributed by atoms with E-state index in [9.17, 15) is 10.2 Å². The molecule has 0 unspecified atom stereocenters. The Morgan fingerprint density at radius 2 is 2.03 bits per heavy atom. The first-order chi connectivity index (χ1) is 14.9. The van der Waals surface area contributed by atoms with Crippen molar-refractivity contribution in [3.8, 4) is 0 Å². The molecule has 1 aromatic carbocycles. The lowest BCUT2D eigenvalue weighted by Crippen LogP contribution is -2.43. The molecule has 1 fully saturated rings. The van der Waals surface area contributed by atoms with Crippen molar-refractivity contribution in [1.29, 1.82) is 0 Å². The number of hydrogen-bond acceptors (Lipinski definition) is 7. The maximum Gasteiger partial charge on any atom is 0.138 e. The molecule has 0 radical (unpaired) electrons. The number of halogens is 1. The van der Waals surface area contributed by atoms with E-state index in [1.807, 2.05) is 43.3 Å². The van der Waals surface area contributed by atoms with Gasteiger partial charge in [-0.05, 0) is 53.4 Å². The smallest absolute Gasteiger partial charge is 0.138 e. The molecule has 4 N–H and O–H groups in total. The molecule has 160 valence electrons. The van der Waals surface area contributed by atoms with Crippen LogP contribution >= 0.6 is 15.9 Å². The summed E-state index contributed by atoms with van der Waals surface area (Å²) in [6, 6.07) is 7.76. The van der Waals surface area contributed by atoms with Crippen molar-refractivity contribution in [2.24, 2.45) is 5.92 Å². The summed E-state index contributed by atoms with van der Waals surface area (Å²) < 4.78 is 0.779. The molecule has 0 bridgehead atoms. The van der Waals surface area contributed by atoms with E-state index in [2.05, 4.69) is 35.8 Å². The third-order valence-electron chi connectivity index (χ3n) is 6.47. The van der Waals surface area contributed by atoms with Crippen LogP contribution in [-0.4, -0.2) is 50.0 Å². The van der Waals surface area contributed by atoms with Gasteiger partial charge in [0.2, 0.25) is 0 Å². The standard InChI is InChI=1S/C23H24BrN5O2/c1-12-16-6-7-29(23(16)27-11-26-12)19-10-15(20(30)21(19)31)5-3-13-2-4-14-9-17(24)22(25)28-18(14)8-13/h2-5,8-9,11,15,19-21,30-31H,6-7,10H2,1H3,(H2,25,28)/b5-3+/t15-,19+,20+,21-/m0/s1. The highest BCUT2D eigenvalue weighted by Crippen LogP contribution is 2.38. The molecular weight excluding hydrogens is 458 g/mol. The number of hydrogen-bond donors (Lipinski definition) is 3. The summed E-state index contributed by atoms with van der Waals surface area (Å²) in [4.78, 5) is 15.3. The molecule has 8 heteroatoms. The second-order valence-electron chi connectivity index (χ2n) is 8.32. The Morgan fingerprint density at radius 1 is 1.19 bits per heavy atom. The molecule has 0 saturated heterocycles. The Morgan fingerprint density at radius 3 is 2.87 bits per heavy atom. The summed E-state index contributed by atoms with van der Waals surface area (Å²) in [6.45, 7) is 2.77. The molecule has 2 aromatic heterocycles. The Kier molecular flexibility index (Phi) is 5.16. The molecule has 2 aliphatic rings. The van der Waals surface area contributed by atoms with Gasteiger partial charge < -0.3 is 20.8 Å². The Hall–Kier alpha value is -2.55. The van der Waals surface area contributed by atoms with Gasteiger partial charge in [-0.15, -0.1) is 0 Å². The van der Waals surface area contributed by atoms with Crippen molar-refractivity contribution < 1.29 is 10.2 Å². The Bertz CT molecular complexity index is 1180. The van der Waals surface area contributed by atoms with E-state index in [-0.39, 0.29) is 12.0 Å². The molecule has 1 aliphatic carbocycles. The van der Waals surface area contributed by atoms with E-state index in [0.29, 0.717) is 12.2 Å². The number of nitrogen functional groups attached to an aromatic ring is 1. The fraction of sp³-hybridized carbons (Fsp3) is 0.348. The van der Waals surface area contributed by atoms with Gasteiger partial charge in [0.25, 0.3) is 0 Å². The normalized spacial score (nSPS) is 25.6. The molecule has 0 amide bonds. The SMILES string of the molecule is Cc1ncnc2c1CCN2[C@@H]1C[C@H](/C=C/c2ccc3cc(Br)c(N)nc3c2)[C@@H](O)[C@H]1O. The largest absolute Gasteiger partial charge is 0.390 e. The Labute approximate surface area is 188 Å². The lowest BCUT2D eigenvalue weighted by Gasteiger charge is -2.28. The van der Waals surface area contributed by atoms with Crippen LogP contribution in [0, 0.1) is 12.8 Å². The average Bonchev–Trinajstić information content (AvgIpc) is 3.30. The number of rotatable bonds is 3. The lowest BCUT2D eigenvalue weighted by atomic mass is 10.0. The monoisotopic (exact) mass is 481 g/mol. The number of pyridine rings is 1. The third-order valence-corrected chi connectivity index (χ3v) is 7.10. The summed E-state index contributed by atoms with van der Waals surface area (Å²) in [7, 11) is 0. The van der Waals surface area contributed by atoms with Crippen LogP contribution in [0.5, 0.6) is 0 Å². The number of nitrogens with zero attached hydrogens (tertiary/aromatic N) is 4. The van der Waals surface area contributed by atoms with Crippen molar-refractivity contribution in [3.63, 3.8) is 0 Å².